The Morgan fingerprint density at radius 1 is 1.79 bits per heavy atom. The Bertz CT molecular complexity index is 352. The van der Waals surface area contributed by atoms with Crippen molar-refractivity contribution in [3.8, 4) is 0 Å². The van der Waals surface area contributed by atoms with Crippen LogP contribution >= 0.6 is 0 Å². The summed E-state index contributed by atoms with van der Waals surface area (Å²) in [6.45, 7) is 2.71. The smallest absolute Gasteiger partial charge is 0.264 e. The van der Waals surface area contributed by atoms with E-state index in [-0.39, 0.29) is 11.9 Å². The van der Waals surface area contributed by atoms with Crippen LogP contribution in [0.4, 0.5) is 5.69 Å². The summed E-state index contributed by atoms with van der Waals surface area (Å²) in [5.41, 5.74) is 6.91. The zero-order chi connectivity index (χ0) is 10.1. The molecule has 1 aliphatic heterocycles. The van der Waals surface area contributed by atoms with Gasteiger partial charge in [0.05, 0.1) is 23.6 Å². The fourth-order valence-corrected chi connectivity index (χ4v) is 1.69. The minimum atomic E-state index is -0.0898. The second-order valence-electron chi connectivity index (χ2n) is 3.58. The normalized spacial score (nSPS) is 21.4. The summed E-state index contributed by atoms with van der Waals surface area (Å²) in [6, 6.07) is -0.0898. The molecular weight excluding hydrogens is 180 g/mol. The van der Waals surface area contributed by atoms with Crippen molar-refractivity contribution < 1.29 is 4.79 Å². The molecule has 0 aromatic carbocycles. The van der Waals surface area contributed by atoms with Crippen LogP contribution in [0.2, 0.25) is 0 Å². The van der Waals surface area contributed by atoms with Gasteiger partial charge in [0, 0.05) is 0 Å². The first-order valence-electron chi connectivity index (χ1n) is 4.78. The maximum absolute atomic E-state index is 11.9. The third-order valence-electron chi connectivity index (χ3n) is 2.61. The van der Waals surface area contributed by atoms with Gasteiger partial charge in [-0.3, -0.25) is 4.79 Å². The van der Waals surface area contributed by atoms with Crippen molar-refractivity contribution in [2.75, 3.05) is 12.3 Å². The van der Waals surface area contributed by atoms with E-state index in [1.807, 2.05) is 0 Å². The van der Waals surface area contributed by atoms with Crippen LogP contribution in [-0.2, 0) is 0 Å². The van der Waals surface area contributed by atoms with E-state index in [2.05, 4.69) is 10.4 Å². The fourth-order valence-electron chi connectivity index (χ4n) is 1.69. The van der Waals surface area contributed by atoms with Gasteiger partial charge in [-0.2, -0.15) is 5.10 Å². The Morgan fingerprint density at radius 3 is 3.07 bits per heavy atom. The molecule has 5 heteroatoms. The third-order valence-corrected chi connectivity index (χ3v) is 2.61. The molecule has 0 amide bonds. The molecule has 1 aliphatic rings. The van der Waals surface area contributed by atoms with Gasteiger partial charge in [0.15, 0.2) is 0 Å². The topological polar surface area (TPSA) is 72.9 Å². The number of carbonyl (C=O) groups is 1. The van der Waals surface area contributed by atoms with Gasteiger partial charge in [-0.25, -0.2) is 4.68 Å². The predicted molar refractivity (Wildman–Crippen MR) is 53.0 cm³/mol. The molecule has 0 radical (unpaired) electrons. The molecule has 0 aliphatic carbocycles. The molecule has 3 N–H and O–H groups in total. The summed E-state index contributed by atoms with van der Waals surface area (Å²) < 4.78 is 1.39. The average Bonchev–Trinajstić information content (AvgIpc) is 2.77. The maximum Gasteiger partial charge on any atom is 0.264 e. The van der Waals surface area contributed by atoms with E-state index < -0.39 is 0 Å². The lowest BCUT2D eigenvalue weighted by atomic mass is 10.2. The summed E-state index contributed by atoms with van der Waals surface area (Å²) in [5, 5.41) is 7.10. The largest absolute Gasteiger partial charge is 0.396 e. The Morgan fingerprint density at radius 2 is 2.57 bits per heavy atom. The van der Waals surface area contributed by atoms with Gasteiger partial charge in [0.25, 0.3) is 5.91 Å². The van der Waals surface area contributed by atoms with E-state index in [0.29, 0.717) is 5.69 Å². The highest BCUT2D eigenvalue weighted by molar-refractivity contribution is 5.85. The van der Waals surface area contributed by atoms with Crippen LogP contribution in [0.1, 0.15) is 23.3 Å². The minimum Gasteiger partial charge on any atom is -0.396 e. The highest BCUT2D eigenvalue weighted by atomic mass is 16.2. The number of carbonyl (C=O) groups excluding carboxylic acids is 1. The lowest BCUT2D eigenvalue weighted by Crippen LogP contribution is -2.35. The molecule has 2 heterocycles. The second kappa shape index (κ2) is 3.42. The van der Waals surface area contributed by atoms with Gasteiger partial charge in [-0.15, -0.1) is 0 Å². The number of rotatable bonds is 1. The maximum atomic E-state index is 11.9. The van der Waals surface area contributed by atoms with Gasteiger partial charge in [-0.1, -0.05) is 0 Å². The number of nitrogens with one attached hydrogen (secondary N) is 1. The van der Waals surface area contributed by atoms with Crippen molar-refractivity contribution >= 4 is 11.6 Å². The van der Waals surface area contributed by atoms with Crippen LogP contribution in [0, 0.1) is 6.92 Å². The zero-order valence-corrected chi connectivity index (χ0v) is 8.16. The molecule has 14 heavy (non-hydrogen) atoms. The van der Waals surface area contributed by atoms with Crippen molar-refractivity contribution in [3.05, 3.63) is 11.9 Å². The van der Waals surface area contributed by atoms with E-state index in [1.165, 1.54) is 10.9 Å². The van der Waals surface area contributed by atoms with Crippen molar-refractivity contribution in [1.82, 2.24) is 15.1 Å². The number of aromatic nitrogens is 2. The fraction of sp³-hybridized carbons (Fsp3) is 0.556. The molecule has 1 aromatic rings. The lowest BCUT2D eigenvalue weighted by Gasteiger charge is -2.09. The highest BCUT2D eigenvalue weighted by Gasteiger charge is 2.25. The quantitative estimate of drug-likeness (QED) is 0.668. The molecule has 0 spiro atoms. The van der Waals surface area contributed by atoms with Gasteiger partial charge in [0.2, 0.25) is 0 Å². The number of nitrogen functional groups attached to an aromatic ring is 1. The number of anilines is 1. The molecule has 1 aromatic heterocycles. The minimum absolute atomic E-state index is 0.00306. The first kappa shape index (κ1) is 9.21. The van der Waals surface area contributed by atoms with E-state index in [4.69, 9.17) is 5.73 Å². The molecule has 1 saturated heterocycles. The van der Waals surface area contributed by atoms with E-state index in [1.54, 1.807) is 6.92 Å². The van der Waals surface area contributed by atoms with Gasteiger partial charge in [-0.05, 0) is 26.3 Å². The molecule has 1 atom stereocenters. The first-order chi connectivity index (χ1) is 6.70. The molecule has 1 fully saturated rings. The number of hydrogen-bond donors (Lipinski definition) is 2. The van der Waals surface area contributed by atoms with Gasteiger partial charge in [0.1, 0.15) is 0 Å². The zero-order valence-electron chi connectivity index (χ0n) is 8.16. The number of hydrogen-bond acceptors (Lipinski definition) is 4. The average molecular weight is 194 g/mol. The van der Waals surface area contributed by atoms with Crippen LogP contribution in [-0.4, -0.2) is 28.3 Å². The molecule has 0 unspecified atom stereocenters. The predicted octanol–water partition coefficient (Wildman–Crippen LogP) is 0.166. The van der Waals surface area contributed by atoms with Crippen molar-refractivity contribution in [2.45, 2.75) is 25.8 Å². The summed E-state index contributed by atoms with van der Waals surface area (Å²) >= 11 is 0. The molecule has 0 saturated carbocycles. The van der Waals surface area contributed by atoms with Crippen molar-refractivity contribution in [3.63, 3.8) is 0 Å². The molecule has 76 valence electrons. The van der Waals surface area contributed by atoms with Gasteiger partial charge < -0.3 is 11.1 Å². The standard InChI is InChI=1S/C9H14N4O/c1-6-7(10)5-12-13(6)9(14)8-3-2-4-11-8/h5,8,11H,2-4,10H2,1H3/t8-/m0/s1. The molecule has 2 rings (SSSR count). The monoisotopic (exact) mass is 194 g/mol. The third kappa shape index (κ3) is 1.39. The van der Waals surface area contributed by atoms with Crippen LogP contribution in [0.5, 0.6) is 0 Å². The van der Waals surface area contributed by atoms with Crippen molar-refractivity contribution in [1.29, 1.82) is 0 Å². The first-order valence-corrected chi connectivity index (χ1v) is 4.78. The molecule has 0 bridgehead atoms. The summed E-state index contributed by atoms with van der Waals surface area (Å²) in [5.74, 6) is -0.00306. The Kier molecular flexibility index (Phi) is 2.25. The van der Waals surface area contributed by atoms with Crippen molar-refractivity contribution in [2.24, 2.45) is 0 Å². The van der Waals surface area contributed by atoms with Crippen LogP contribution in [0.3, 0.4) is 0 Å². The Hall–Kier alpha value is -1.36. The SMILES string of the molecule is Cc1c(N)cnn1C(=O)[C@@H]1CCCN1. The second-order valence-corrected chi connectivity index (χ2v) is 3.58. The summed E-state index contributed by atoms with van der Waals surface area (Å²) in [7, 11) is 0. The molecule has 5 nitrogen and oxygen atoms in total. The highest BCUT2D eigenvalue weighted by Crippen LogP contribution is 2.12. The number of nitrogens with two attached hydrogens (primary N) is 1. The van der Waals surface area contributed by atoms with Crippen LogP contribution in [0.15, 0.2) is 6.20 Å². The van der Waals surface area contributed by atoms with Gasteiger partial charge >= 0.3 is 0 Å². The van der Waals surface area contributed by atoms with E-state index in [9.17, 15) is 4.79 Å². The number of nitrogens with zero attached hydrogens (tertiary/aromatic N) is 2. The van der Waals surface area contributed by atoms with E-state index >= 15 is 0 Å². The van der Waals surface area contributed by atoms with E-state index in [0.717, 1.165) is 25.1 Å². The Balaban J connectivity index is 2.22. The van der Waals surface area contributed by atoms with Crippen LogP contribution in [0.25, 0.3) is 0 Å². The Labute approximate surface area is 82.3 Å². The summed E-state index contributed by atoms with van der Waals surface area (Å²) in [6.07, 6.45) is 3.45. The van der Waals surface area contributed by atoms with Crippen LogP contribution < -0.4 is 11.1 Å². The lowest BCUT2D eigenvalue weighted by molar-refractivity contribution is 0.0851. The summed E-state index contributed by atoms with van der Waals surface area (Å²) in [4.78, 5) is 11.9. The molecular formula is C9H14N4O.